The molecule has 1 aliphatic carbocycles. The van der Waals surface area contributed by atoms with Crippen LogP contribution in [-0.2, 0) is 9.57 Å². The van der Waals surface area contributed by atoms with Crippen LogP contribution in [0.1, 0.15) is 12.8 Å². The molecule has 1 aromatic carbocycles. The Morgan fingerprint density at radius 1 is 1.14 bits per heavy atom. The van der Waals surface area contributed by atoms with Gasteiger partial charge in [0.05, 0.1) is 30.9 Å². The summed E-state index contributed by atoms with van der Waals surface area (Å²) in [5.74, 6) is 1.43. The number of quaternary nitrogens is 1. The zero-order valence-electron chi connectivity index (χ0n) is 16.3. The van der Waals surface area contributed by atoms with Crippen molar-refractivity contribution in [2.75, 3.05) is 19.5 Å². The number of hydroxylamine groups is 3. The fourth-order valence-corrected chi connectivity index (χ4v) is 4.14. The molecule has 0 saturated heterocycles. The Morgan fingerprint density at radius 2 is 1.97 bits per heavy atom. The van der Waals surface area contributed by atoms with Crippen LogP contribution >= 0.6 is 12.4 Å². The minimum absolute atomic E-state index is 0. The van der Waals surface area contributed by atoms with Gasteiger partial charge >= 0.3 is 5.88 Å². The maximum Gasteiger partial charge on any atom is 0.335 e. The predicted octanol–water partition coefficient (Wildman–Crippen LogP) is 3.03. The molecule has 1 N–H and O–H groups in total. The molecule has 0 spiro atoms. The number of allylic oxidation sites excluding steroid dienone is 3. The Morgan fingerprint density at radius 3 is 2.72 bits per heavy atom. The lowest BCUT2D eigenvalue weighted by Gasteiger charge is -2.34. The number of nitrogens with one attached hydrogen (secondary N) is 1. The Hall–Kier alpha value is -2.93. The van der Waals surface area contributed by atoms with Crippen molar-refractivity contribution in [2.24, 2.45) is 0 Å². The molecule has 3 aliphatic rings. The molecule has 29 heavy (non-hydrogen) atoms. The number of nitrogens with zero attached hydrogens (tertiary/aromatic N) is 3. The lowest BCUT2D eigenvalue weighted by Crippen LogP contribution is -2.42. The zero-order valence-corrected chi connectivity index (χ0v) is 17.1. The van der Waals surface area contributed by atoms with E-state index in [1.54, 1.807) is 20.4 Å². The van der Waals surface area contributed by atoms with E-state index in [2.05, 4.69) is 33.7 Å². The van der Waals surface area contributed by atoms with Gasteiger partial charge in [-0.15, -0.1) is 17.5 Å². The topological polar surface area (TPSA) is 56.3 Å². The second-order valence-corrected chi connectivity index (χ2v) is 6.90. The first-order valence-electron chi connectivity index (χ1n) is 9.29. The van der Waals surface area contributed by atoms with Crippen molar-refractivity contribution < 1.29 is 14.2 Å². The molecule has 0 amide bonds. The SMILES string of the molecule is COC1=CC2=C(C=CCC2)C2=c3c(Nc4ccccc4)nncc3=C[N+]12OC.Cl. The van der Waals surface area contributed by atoms with Gasteiger partial charge in [0, 0.05) is 17.3 Å². The second kappa shape index (κ2) is 7.48. The van der Waals surface area contributed by atoms with Gasteiger partial charge in [0.1, 0.15) is 0 Å². The Balaban J connectivity index is 0.00000205. The van der Waals surface area contributed by atoms with Gasteiger partial charge in [-0.05, 0) is 30.5 Å². The van der Waals surface area contributed by atoms with E-state index in [-0.39, 0.29) is 17.1 Å². The number of methoxy groups -OCH3 is 1. The molecule has 6 nitrogen and oxygen atoms in total. The van der Waals surface area contributed by atoms with Gasteiger partial charge in [-0.2, -0.15) is 9.94 Å². The maximum atomic E-state index is 6.04. The molecule has 0 bridgehead atoms. The zero-order chi connectivity index (χ0) is 19.1. The van der Waals surface area contributed by atoms with Gasteiger partial charge in [0.2, 0.25) is 0 Å². The molecule has 7 heteroatoms. The van der Waals surface area contributed by atoms with Crippen LogP contribution in [0.4, 0.5) is 11.5 Å². The summed E-state index contributed by atoms with van der Waals surface area (Å²) in [6.07, 6.45) is 12.3. The number of benzene rings is 1. The van der Waals surface area contributed by atoms with Crippen molar-refractivity contribution >= 4 is 35.8 Å². The fraction of sp³-hybridized carbons (Fsp3) is 0.182. The summed E-state index contributed by atoms with van der Waals surface area (Å²) in [7, 11) is 3.38. The van der Waals surface area contributed by atoms with Crippen molar-refractivity contribution in [2.45, 2.75) is 12.8 Å². The highest BCUT2D eigenvalue weighted by molar-refractivity contribution is 5.85. The van der Waals surface area contributed by atoms with E-state index in [0.717, 1.165) is 46.1 Å². The largest absolute Gasteiger partial charge is 0.452 e. The highest BCUT2D eigenvalue weighted by atomic mass is 35.5. The van der Waals surface area contributed by atoms with E-state index in [1.165, 1.54) is 5.57 Å². The molecule has 3 heterocycles. The Kier molecular flexibility index (Phi) is 5.00. The molecular formula is C22H22ClN4O2+. The lowest BCUT2D eigenvalue weighted by atomic mass is 9.91. The molecule has 1 aromatic heterocycles. The first-order chi connectivity index (χ1) is 13.8. The molecule has 2 aliphatic heterocycles. The van der Waals surface area contributed by atoms with E-state index in [1.807, 2.05) is 36.5 Å². The third kappa shape index (κ3) is 2.88. The number of hydrogen-bond donors (Lipinski definition) is 1. The highest BCUT2D eigenvalue weighted by Crippen LogP contribution is 2.43. The van der Waals surface area contributed by atoms with Gasteiger partial charge in [-0.3, -0.25) is 0 Å². The number of fused-ring (bicyclic) bond motifs is 3. The van der Waals surface area contributed by atoms with Gasteiger partial charge in [-0.25, -0.2) is 0 Å². The van der Waals surface area contributed by atoms with Gasteiger partial charge in [-0.1, -0.05) is 35.0 Å². The molecule has 1 unspecified atom stereocenters. The monoisotopic (exact) mass is 409 g/mol. The van der Waals surface area contributed by atoms with Crippen LogP contribution in [0.5, 0.6) is 0 Å². The van der Waals surface area contributed by atoms with E-state index in [0.29, 0.717) is 5.82 Å². The molecule has 0 saturated carbocycles. The summed E-state index contributed by atoms with van der Waals surface area (Å²) in [6.45, 7) is 0. The lowest BCUT2D eigenvalue weighted by molar-refractivity contribution is -0.962. The van der Waals surface area contributed by atoms with Gasteiger partial charge < -0.3 is 10.1 Å². The normalized spacial score (nSPS) is 21.3. The summed E-state index contributed by atoms with van der Waals surface area (Å²) in [5.41, 5.74) is 4.38. The number of hydrogen-bond acceptors (Lipinski definition) is 5. The van der Waals surface area contributed by atoms with Crippen molar-refractivity contribution in [3.8, 4) is 0 Å². The number of para-hydroxylation sites is 1. The summed E-state index contributed by atoms with van der Waals surface area (Å²) < 4.78 is 5.84. The summed E-state index contributed by atoms with van der Waals surface area (Å²) >= 11 is 0. The van der Waals surface area contributed by atoms with Crippen LogP contribution in [0, 0.1) is 0 Å². The van der Waals surface area contributed by atoms with Gasteiger partial charge in [0.15, 0.2) is 17.7 Å². The number of rotatable bonds is 4. The molecule has 2 aromatic rings. The third-order valence-corrected chi connectivity index (χ3v) is 5.39. The summed E-state index contributed by atoms with van der Waals surface area (Å²) in [6, 6.07) is 9.99. The van der Waals surface area contributed by atoms with E-state index in [9.17, 15) is 0 Å². The predicted molar refractivity (Wildman–Crippen MR) is 114 cm³/mol. The first kappa shape index (κ1) is 19.4. The fourth-order valence-electron chi connectivity index (χ4n) is 4.14. The van der Waals surface area contributed by atoms with Gasteiger partial charge in [0.25, 0.3) is 0 Å². The minimum Gasteiger partial charge on any atom is -0.452 e. The number of aromatic nitrogens is 2. The smallest absolute Gasteiger partial charge is 0.335 e. The molecule has 0 radical (unpaired) electrons. The van der Waals surface area contributed by atoms with Crippen LogP contribution in [0.15, 0.2) is 71.8 Å². The number of anilines is 2. The van der Waals surface area contributed by atoms with Crippen LogP contribution in [0.25, 0.3) is 11.9 Å². The Labute approximate surface area is 175 Å². The van der Waals surface area contributed by atoms with Crippen LogP contribution in [0.3, 0.4) is 0 Å². The second-order valence-electron chi connectivity index (χ2n) is 6.90. The summed E-state index contributed by atoms with van der Waals surface area (Å²) in [5, 5.41) is 14.0. The molecule has 1 atom stereocenters. The van der Waals surface area contributed by atoms with Crippen molar-refractivity contribution in [1.82, 2.24) is 10.2 Å². The summed E-state index contributed by atoms with van der Waals surface area (Å²) in [4.78, 5) is 6.04. The van der Waals surface area contributed by atoms with Crippen LogP contribution in [0.2, 0.25) is 0 Å². The molecule has 5 rings (SSSR count). The number of ether oxygens (including phenoxy) is 1. The maximum absolute atomic E-state index is 6.04. The van der Waals surface area contributed by atoms with Crippen LogP contribution in [-0.4, -0.2) is 29.1 Å². The van der Waals surface area contributed by atoms with E-state index in [4.69, 9.17) is 9.57 Å². The first-order valence-corrected chi connectivity index (χ1v) is 9.29. The Bertz CT molecular complexity index is 1170. The quantitative estimate of drug-likeness (QED) is 0.786. The van der Waals surface area contributed by atoms with Crippen molar-refractivity contribution in [3.05, 3.63) is 82.2 Å². The average molecular weight is 410 g/mol. The standard InChI is InChI=1S/C22H21N4O2.ClH/c1-27-19-12-15-8-6-7-11-18(15)21-20-16(14-26(19,21)28-2)13-23-25-22(20)24-17-9-4-3-5-10-17;/h3-5,7,9-14H,6,8H2,1-2H3,(H,24,25);1H/q+1;. The third-order valence-electron chi connectivity index (χ3n) is 5.39. The van der Waals surface area contributed by atoms with Crippen LogP contribution < -0.4 is 15.8 Å². The van der Waals surface area contributed by atoms with Crippen molar-refractivity contribution in [1.29, 1.82) is 0 Å². The highest BCUT2D eigenvalue weighted by Gasteiger charge is 2.49. The van der Waals surface area contributed by atoms with E-state index >= 15 is 0 Å². The molecule has 0 fully saturated rings. The van der Waals surface area contributed by atoms with E-state index < -0.39 is 0 Å². The number of halogens is 1. The average Bonchev–Trinajstić information content (AvgIpc) is 3.11. The minimum atomic E-state index is 0. The molecule has 148 valence electrons. The van der Waals surface area contributed by atoms with Crippen molar-refractivity contribution in [3.63, 3.8) is 0 Å². The molecular weight excluding hydrogens is 388 g/mol.